The Balaban J connectivity index is 2.89. The van der Waals surface area contributed by atoms with Crippen LogP contribution in [0.25, 0.3) is 0 Å². The lowest BCUT2D eigenvalue weighted by atomic mass is 10.0. The van der Waals surface area contributed by atoms with Crippen molar-refractivity contribution in [3.63, 3.8) is 0 Å². The van der Waals surface area contributed by atoms with Crippen LogP contribution in [0.2, 0.25) is 0 Å². The molecule has 0 spiro atoms. The largest absolute Gasteiger partial charge is 0.497 e. The lowest BCUT2D eigenvalue weighted by molar-refractivity contribution is -0.108. The highest BCUT2D eigenvalue weighted by Gasteiger charge is 2.17. The molecule has 4 heteroatoms. The molecule has 0 aliphatic carbocycles. The molecule has 0 bridgehead atoms. The molecular weight excluding hydrogens is 312 g/mol. The highest BCUT2D eigenvalue weighted by molar-refractivity contribution is 9.24. The first-order valence-corrected chi connectivity index (χ1v) is 5.89. The zero-order valence-electron chi connectivity index (χ0n) is 7.61. The summed E-state index contributed by atoms with van der Waals surface area (Å²) >= 11 is 6.65. The van der Waals surface area contributed by atoms with Gasteiger partial charge in [-0.15, -0.1) is 0 Å². The summed E-state index contributed by atoms with van der Waals surface area (Å²) in [6, 6.07) is 7.45. The van der Waals surface area contributed by atoms with Crippen molar-refractivity contribution in [3.05, 3.63) is 29.8 Å². The topological polar surface area (TPSA) is 26.3 Å². The summed E-state index contributed by atoms with van der Waals surface area (Å²) in [6.45, 7) is 0. The van der Waals surface area contributed by atoms with Crippen LogP contribution >= 0.6 is 31.9 Å². The Morgan fingerprint density at radius 2 is 1.86 bits per heavy atom. The first-order chi connectivity index (χ1) is 6.69. The van der Waals surface area contributed by atoms with Gasteiger partial charge >= 0.3 is 0 Å². The molecule has 0 radical (unpaired) electrons. The number of halogens is 2. The van der Waals surface area contributed by atoms with Gasteiger partial charge in [-0.25, -0.2) is 0 Å². The van der Waals surface area contributed by atoms with Crippen LogP contribution in [-0.4, -0.2) is 17.1 Å². The van der Waals surface area contributed by atoms with Gasteiger partial charge in [-0.2, -0.15) is 0 Å². The van der Waals surface area contributed by atoms with Crippen molar-refractivity contribution in [1.82, 2.24) is 0 Å². The fraction of sp³-hybridized carbons (Fsp3) is 0.300. The van der Waals surface area contributed by atoms with Gasteiger partial charge in [-0.3, -0.25) is 0 Å². The Bertz CT molecular complexity index is 295. The Morgan fingerprint density at radius 1 is 1.29 bits per heavy atom. The Labute approximate surface area is 99.9 Å². The smallest absolute Gasteiger partial charge is 0.129 e. The molecule has 1 atom stereocenters. The van der Waals surface area contributed by atoms with Crippen LogP contribution in [0.15, 0.2) is 24.3 Å². The number of rotatable bonds is 4. The van der Waals surface area contributed by atoms with Crippen molar-refractivity contribution in [2.45, 2.75) is 9.65 Å². The standard InChI is InChI=1S/C10H10Br2O2/c1-14-8-4-2-7(3-5-8)9(6-13)10(11)12/h2-6,9-10H,1H3. The van der Waals surface area contributed by atoms with Crippen molar-refractivity contribution in [2.75, 3.05) is 7.11 Å². The highest BCUT2D eigenvalue weighted by atomic mass is 79.9. The van der Waals surface area contributed by atoms with Gasteiger partial charge in [-0.05, 0) is 17.7 Å². The molecule has 0 fully saturated rings. The summed E-state index contributed by atoms with van der Waals surface area (Å²) in [5, 5.41) is 0. The molecule has 0 amide bonds. The molecule has 0 aliphatic rings. The van der Waals surface area contributed by atoms with Crippen LogP contribution in [-0.2, 0) is 4.79 Å². The predicted octanol–water partition coefficient (Wildman–Crippen LogP) is 3.09. The summed E-state index contributed by atoms with van der Waals surface area (Å²) in [4.78, 5) is 10.8. The fourth-order valence-corrected chi connectivity index (χ4v) is 1.97. The summed E-state index contributed by atoms with van der Waals surface area (Å²) in [5.74, 6) is 0.611. The third-order valence-electron chi connectivity index (χ3n) is 1.92. The molecule has 0 aromatic heterocycles. The van der Waals surface area contributed by atoms with Crippen LogP contribution < -0.4 is 4.74 Å². The van der Waals surface area contributed by atoms with Gasteiger partial charge in [0.15, 0.2) is 0 Å². The zero-order chi connectivity index (χ0) is 10.6. The summed E-state index contributed by atoms with van der Waals surface area (Å²) in [6.07, 6.45) is 0.913. The molecule has 0 saturated carbocycles. The van der Waals surface area contributed by atoms with Crippen molar-refractivity contribution >= 4 is 38.1 Å². The third kappa shape index (κ3) is 2.82. The Kier molecular flexibility index (Phi) is 4.62. The van der Waals surface area contributed by atoms with Crippen molar-refractivity contribution in [2.24, 2.45) is 0 Å². The molecule has 1 aromatic carbocycles. The van der Waals surface area contributed by atoms with Crippen molar-refractivity contribution in [1.29, 1.82) is 0 Å². The number of alkyl halides is 2. The molecule has 0 aliphatic heterocycles. The molecule has 2 nitrogen and oxygen atoms in total. The average molecular weight is 322 g/mol. The molecule has 14 heavy (non-hydrogen) atoms. The maximum Gasteiger partial charge on any atom is 0.129 e. The molecule has 1 unspecified atom stereocenters. The number of aldehydes is 1. The first kappa shape index (κ1) is 11.7. The number of carbonyl (C=O) groups excluding carboxylic acids is 1. The van der Waals surface area contributed by atoms with E-state index in [2.05, 4.69) is 31.9 Å². The minimum Gasteiger partial charge on any atom is -0.497 e. The van der Waals surface area contributed by atoms with Gasteiger partial charge in [0.05, 0.1) is 16.8 Å². The van der Waals surface area contributed by atoms with Crippen molar-refractivity contribution < 1.29 is 9.53 Å². The predicted molar refractivity (Wildman–Crippen MR) is 63.4 cm³/mol. The van der Waals surface area contributed by atoms with Gasteiger partial charge in [-0.1, -0.05) is 44.0 Å². The molecular formula is C10H10Br2O2. The lowest BCUT2D eigenvalue weighted by Gasteiger charge is -2.12. The minimum atomic E-state index is -0.180. The van der Waals surface area contributed by atoms with E-state index in [1.165, 1.54) is 0 Å². The minimum absolute atomic E-state index is 0.0408. The maximum absolute atomic E-state index is 10.8. The molecule has 76 valence electrons. The monoisotopic (exact) mass is 320 g/mol. The number of carbonyl (C=O) groups is 1. The quantitative estimate of drug-likeness (QED) is 0.629. The van der Waals surface area contributed by atoms with E-state index >= 15 is 0 Å². The number of hydrogen-bond acceptors (Lipinski definition) is 2. The highest BCUT2D eigenvalue weighted by Crippen LogP contribution is 2.28. The molecule has 0 N–H and O–H groups in total. The van der Waals surface area contributed by atoms with E-state index in [0.717, 1.165) is 17.6 Å². The van der Waals surface area contributed by atoms with Crippen LogP contribution in [0.1, 0.15) is 11.5 Å². The van der Waals surface area contributed by atoms with E-state index in [0.29, 0.717) is 0 Å². The third-order valence-corrected chi connectivity index (χ3v) is 3.06. The van der Waals surface area contributed by atoms with Crippen LogP contribution in [0.4, 0.5) is 0 Å². The SMILES string of the molecule is COc1ccc(C(C=O)C(Br)Br)cc1. The second kappa shape index (κ2) is 5.51. The average Bonchev–Trinajstić information content (AvgIpc) is 2.19. The summed E-state index contributed by atoms with van der Waals surface area (Å²) < 4.78 is 4.99. The van der Waals surface area contributed by atoms with Gasteiger partial charge in [0.2, 0.25) is 0 Å². The second-order valence-electron chi connectivity index (χ2n) is 2.77. The number of benzene rings is 1. The van der Waals surface area contributed by atoms with E-state index in [-0.39, 0.29) is 9.65 Å². The Morgan fingerprint density at radius 3 is 2.21 bits per heavy atom. The maximum atomic E-state index is 10.8. The van der Waals surface area contributed by atoms with Crippen LogP contribution in [0.5, 0.6) is 5.75 Å². The van der Waals surface area contributed by atoms with E-state index < -0.39 is 0 Å². The lowest BCUT2D eigenvalue weighted by Crippen LogP contribution is -2.07. The van der Waals surface area contributed by atoms with E-state index in [4.69, 9.17) is 4.74 Å². The number of hydrogen-bond donors (Lipinski definition) is 0. The van der Waals surface area contributed by atoms with E-state index in [1.807, 2.05) is 24.3 Å². The van der Waals surface area contributed by atoms with Gasteiger partial charge < -0.3 is 9.53 Å². The van der Waals surface area contributed by atoms with E-state index in [9.17, 15) is 4.79 Å². The van der Waals surface area contributed by atoms with Gasteiger partial charge in [0, 0.05) is 0 Å². The number of ether oxygens (including phenoxy) is 1. The van der Waals surface area contributed by atoms with E-state index in [1.54, 1.807) is 7.11 Å². The van der Waals surface area contributed by atoms with Crippen molar-refractivity contribution in [3.8, 4) is 5.75 Å². The van der Waals surface area contributed by atoms with Crippen LogP contribution in [0.3, 0.4) is 0 Å². The fourth-order valence-electron chi connectivity index (χ4n) is 1.11. The number of methoxy groups -OCH3 is 1. The summed E-state index contributed by atoms with van der Waals surface area (Å²) in [5.41, 5.74) is 0.958. The molecule has 0 heterocycles. The zero-order valence-corrected chi connectivity index (χ0v) is 10.8. The Hall–Kier alpha value is -0.350. The first-order valence-electron chi connectivity index (χ1n) is 4.06. The van der Waals surface area contributed by atoms with Gasteiger partial charge in [0.25, 0.3) is 0 Å². The molecule has 0 saturated heterocycles. The molecule has 1 aromatic rings. The molecule has 1 rings (SSSR count). The second-order valence-corrected chi connectivity index (χ2v) is 5.97. The normalized spacial score (nSPS) is 12.6. The van der Waals surface area contributed by atoms with Crippen LogP contribution in [0, 0.1) is 0 Å². The summed E-state index contributed by atoms with van der Waals surface area (Å²) in [7, 11) is 1.62. The van der Waals surface area contributed by atoms with Gasteiger partial charge in [0.1, 0.15) is 12.0 Å².